The van der Waals surface area contributed by atoms with Gasteiger partial charge in [0.25, 0.3) is 0 Å². The SMILES string of the molecule is C#C.C=C/C(=C\C=C/C)CN1CCC(Cc2cc3c(cc2Cl)OCC3CC)C1=C.CC. The molecule has 2 nitrogen and oxygen atoms in total. The summed E-state index contributed by atoms with van der Waals surface area (Å²) in [7, 11) is 0. The van der Waals surface area contributed by atoms with Crippen molar-refractivity contribution < 1.29 is 4.74 Å². The number of nitrogens with zero attached hydrogens (tertiary/aromatic N) is 1. The van der Waals surface area contributed by atoms with Crippen molar-refractivity contribution in [3.63, 3.8) is 0 Å². The van der Waals surface area contributed by atoms with Gasteiger partial charge >= 0.3 is 0 Å². The molecule has 2 aliphatic heterocycles. The first-order valence-corrected chi connectivity index (χ1v) is 11.6. The summed E-state index contributed by atoms with van der Waals surface area (Å²) in [5.74, 6) is 1.90. The second-order valence-corrected chi connectivity index (χ2v) is 7.88. The van der Waals surface area contributed by atoms with Gasteiger partial charge in [-0.3, -0.25) is 0 Å². The number of benzene rings is 1. The van der Waals surface area contributed by atoms with Crippen LogP contribution in [0, 0.1) is 18.8 Å². The van der Waals surface area contributed by atoms with Gasteiger partial charge in [-0.2, -0.15) is 0 Å². The molecule has 3 heteroatoms. The predicted octanol–water partition coefficient (Wildman–Crippen LogP) is 7.57. The fourth-order valence-corrected chi connectivity index (χ4v) is 4.24. The highest BCUT2D eigenvalue weighted by Crippen LogP contribution is 2.41. The average Bonchev–Trinajstić information content (AvgIpc) is 3.36. The second-order valence-electron chi connectivity index (χ2n) is 7.47. The summed E-state index contributed by atoms with van der Waals surface area (Å²) in [4.78, 5) is 2.38. The second kappa shape index (κ2) is 13.8. The fourth-order valence-electron chi connectivity index (χ4n) is 4.01. The normalized spacial score (nSPS) is 19.8. The van der Waals surface area contributed by atoms with Gasteiger partial charge in [-0.1, -0.05) is 75.9 Å². The topological polar surface area (TPSA) is 12.5 Å². The monoisotopic (exact) mass is 439 g/mol. The van der Waals surface area contributed by atoms with Crippen molar-refractivity contribution in [2.45, 2.75) is 52.9 Å². The summed E-state index contributed by atoms with van der Waals surface area (Å²) in [6.45, 7) is 19.3. The van der Waals surface area contributed by atoms with Gasteiger partial charge in [0, 0.05) is 41.2 Å². The Hall–Kier alpha value is -2.37. The molecule has 0 saturated carbocycles. The number of terminal acetylenes is 1. The van der Waals surface area contributed by atoms with Crippen LogP contribution in [-0.2, 0) is 6.42 Å². The van der Waals surface area contributed by atoms with Gasteiger partial charge in [-0.15, -0.1) is 12.8 Å². The third-order valence-corrected chi connectivity index (χ3v) is 6.13. The number of halogens is 1. The number of hydrogen-bond donors (Lipinski definition) is 0. The Labute approximate surface area is 195 Å². The van der Waals surface area contributed by atoms with Crippen molar-refractivity contribution >= 4 is 11.6 Å². The Morgan fingerprint density at radius 2 is 2.00 bits per heavy atom. The Bertz CT molecular complexity index is 818. The molecule has 0 aromatic heterocycles. The van der Waals surface area contributed by atoms with Crippen LogP contribution in [0.2, 0.25) is 5.02 Å². The van der Waals surface area contributed by atoms with E-state index in [1.807, 2.05) is 39.0 Å². The molecule has 0 spiro atoms. The zero-order valence-electron chi connectivity index (χ0n) is 19.7. The maximum atomic E-state index is 6.57. The average molecular weight is 440 g/mol. The van der Waals surface area contributed by atoms with Crippen LogP contribution in [0.25, 0.3) is 0 Å². The van der Waals surface area contributed by atoms with Crippen LogP contribution in [0.5, 0.6) is 5.75 Å². The van der Waals surface area contributed by atoms with Gasteiger partial charge < -0.3 is 9.64 Å². The number of ether oxygens (including phenoxy) is 1. The van der Waals surface area contributed by atoms with Crippen LogP contribution < -0.4 is 4.74 Å². The van der Waals surface area contributed by atoms with Crippen molar-refractivity contribution in [3.05, 3.63) is 77.0 Å². The lowest BCUT2D eigenvalue weighted by Gasteiger charge is -2.22. The van der Waals surface area contributed by atoms with Crippen molar-refractivity contribution in [2.75, 3.05) is 19.7 Å². The molecule has 2 unspecified atom stereocenters. The van der Waals surface area contributed by atoms with Crippen LogP contribution in [-0.4, -0.2) is 24.6 Å². The molecule has 1 saturated heterocycles. The zero-order chi connectivity index (χ0) is 23.4. The maximum Gasteiger partial charge on any atom is 0.124 e. The van der Waals surface area contributed by atoms with Gasteiger partial charge in [0.15, 0.2) is 0 Å². The van der Waals surface area contributed by atoms with Gasteiger partial charge in [-0.25, -0.2) is 0 Å². The summed E-state index contributed by atoms with van der Waals surface area (Å²) in [6, 6.07) is 4.28. The fraction of sp³-hybridized carbons (Fsp3) is 0.429. The lowest BCUT2D eigenvalue weighted by atomic mass is 9.92. The number of likely N-dealkylation sites (tertiary alicyclic amines) is 1. The first-order valence-electron chi connectivity index (χ1n) is 11.2. The summed E-state index contributed by atoms with van der Waals surface area (Å²) >= 11 is 6.57. The molecule has 3 rings (SSSR count). The summed E-state index contributed by atoms with van der Waals surface area (Å²) in [5, 5.41) is 0.816. The standard InChI is InChI=1S/C24H30ClNO.C2H6.C2H2/c1-5-8-9-18(6-2)15-26-11-10-20(17(26)4)12-21-13-22-19(7-3)16-27-24(22)14-23(21)25;2*1-2/h5-6,8-9,13-14,19-20H,2,4,7,10-12,15-16H2,1,3H3;1-2H3;1-2H/b8-5-,18-9+;;. The molecule has 0 aliphatic carbocycles. The lowest BCUT2D eigenvalue weighted by molar-refractivity contribution is 0.328. The van der Waals surface area contributed by atoms with Crippen molar-refractivity contribution in [2.24, 2.45) is 5.92 Å². The van der Waals surface area contributed by atoms with Crippen LogP contribution in [0.15, 0.2) is 60.9 Å². The van der Waals surface area contributed by atoms with Crippen molar-refractivity contribution in [1.82, 2.24) is 4.90 Å². The minimum Gasteiger partial charge on any atom is -0.493 e. The quantitative estimate of drug-likeness (QED) is 0.321. The van der Waals surface area contributed by atoms with Crippen molar-refractivity contribution in [1.29, 1.82) is 0 Å². The number of hydrogen-bond acceptors (Lipinski definition) is 2. The van der Waals surface area contributed by atoms with Crippen LogP contribution >= 0.6 is 11.6 Å². The van der Waals surface area contributed by atoms with Gasteiger partial charge in [0.1, 0.15) is 5.75 Å². The molecule has 31 heavy (non-hydrogen) atoms. The van der Waals surface area contributed by atoms with Crippen molar-refractivity contribution in [3.8, 4) is 18.6 Å². The molecule has 0 bridgehead atoms. The first kappa shape index (κ1) is 26.7. The number of rotatable bonds is 7. The molecule has 2 aliphatic rings. The Morgan fingerprint density at radius 3 is 2.61 bits per heavy atom. The van der Waals surface area contributed by atoms with E-state index >= 15 is 0 Å². The number of fused-ring (bicyclic) bond motifs is 1. The molecule has 2 atom stereocenters. The predicted molar refractivity (Wildman–Crippen MR) is 137 cm³/mol. The van der Waals surface area contributed by atoms with Gasteiger partial charge in [-0.05, 0) is 43.4 Å². The van der Waals surface area contributed by atoms with Crippen LogP contribution in [0.3, 0.4) is 0 Å². The van der Waals surface area contributed by atoms with E-state index in [0.29, 0.717) is 11.8 Å². The third kappa shape index (κ3) is 6.81. The first-order chi connectivity index (χ1) is 15.1. The van der Waals surface area contributed by atoms with E-state index in [2.05, 4.69) is 56.0 Å². The Kier molecular flexibility index (Phi) is 11.9. The van der Waals surface area contributed by atoms with E-state index < -0.39 is 0 Å². The van der Waals surface area contributed by atoms with E-state index in [4.69, 9.17) is 16.3 Å². The Balaban J connectivity index is 0.00000113. The van der Waals surface area contributed by atoms with Crippen LogP contribution in [0.1, 0.15) is 57.6 Å². The molecule has 1 aromatic rings. The van der Waals surface area contributed by atoms with E-state index in [-0.39, 0.29) is 0 Å². The molecule has 0 radical (unpaired) electrons. The Morgan fingerprint density at radius 1 is 1.29 bits per heavy atom. The molecule has 2 heterocycles. The van der Waals surface area contributed by atoms with Gasteiger partial charge in [0.2, 0.25) is 0 Å². The smallest absolute Gasteiger partial charge is 0.124 e. The van der Waals surface area contributed by atoms with E-state index in [1.54, 1.807) is 0 Å². The summed E-state index contributed by atoms with van der Waals surface area (Å²) < 4.78 is 5.80. The highest BCUT2D eigenvalue weighted by atomic mass is 35.5. The van der Waals surface area contributed by atoms with E-state index in [0.717, 1.165) is 49.7 Å². The molecule has 0 amide bonds. The highest BCUT2D eigenvalue weighted by molar-refractivity contribution is 6.31. The molecular weight excluding hydrogens is 402 g/mol. The zero-order valence-corrected chi connectivity index (χ0v) is 20.4. The minimum absolute atomic E-state index is 0.440. The molecule has 1 fully saturated rings. The van der Waals surface area contributed by atoms with E-state index in [9.17, 15) is 0 Å². The minimum atomic E-state index is 0.440. The molecule has 0 N–H and O–H groups in total. The summed E-state index contributed by atoms with van der Waals surface area (Å²) in [5.41, 5.74) is 4.97. The number of allylic oxidation sites excluding steroid dienone is 4. The largest absolute Gasteiger partial charge is 0.493 e. The van der Waals surface area contributed by atoms with Gasteiger partial charge in [0.05, 0.1) is 6.61 Å². The molecule has 168 valence electrons. The molecular formula is C28H38ClNO. The molecule has 1 aromatic carbocycles. The highest BCUT2D eigenvalue weighted by Gasteiger charge is 2.29. The third-order valence-electron chi connectivity index (χ3n) is 5.78. The lowest BCUT2D eigenvalue weighted by Crippen LogP contribution is -2.21. The van der Waals surface area contributed by atoms with Crippen LogP contribution in [0.4, 0.5) is 0 Å². The maximum absolute atomic E-state index is 6.57. The summed E-state index contributed by atoms with van der Waals surface area (Å²) in [6.07, 6.45) is 19.3. The van der Waals surface area contributed by atoms with E-state index in [1.165, 1.54) is 22.4 Å².